The minimum Gasteiger partial charge on any atom is -0.496 e. The molecule has 0 fully saturated rings. The third-order valence-electron chi connectivity index (χ3n) is 3.35. The fraction of sp³-hybridized carbons (Fsp3) is 0.250. The summed E-state index contributed by atoms with van der Waals surface area (Å²) in [6, 6.07) is 9.82. The van der Waals surface area contributed by atoms with E-state index in [1.807, 2.05) is 13.0 Å². The van der Waals surface area contributed by atoms with Crippen LogP contribution >= 0.6 is 0 Å². The second-order valence-electron chi connectivity index (χ2n) is 4.83. The van der Waals surface area contributed by atoms with Crippen LogP contribution in [0.15, 0.2) is 42.5 Å². The zero-order chi connectivity index (χ0) is 15.6. The third kappa shape index (κ3) is 3.36. The SMILES string of the molecule is COc1ccc(C(N)c2cccc(C(F)(F)F)c2)cc1C. The number of alkyl halides is 3. The summed E-state index contributed by atoms with van der Waals surface area (Å²) in [6.45, 7) is 1.86. The molecule has 0 amide bonds. The van der Waals surface area contributed by atoms with Crippen LogP contribution in [0.4, 0.5) is 13.2 Å². The largest absolute Gasteiger partial charge is 0.496 e. The average molecular weight is 295 g/mol. The van der Waals surface area contributed by atoms with Gasteiger partial charge in [-0.15, -0.1) is 0 Å². The summed E-state index contributed by atoms with van der Waals surface area (Å²) in [5.74, 6) is 0.718. The molecule has 0 aliphatic rings. The van der Waals surface area contributed by atoms with Crippen molar-refractivity contribution in [3.8, 4) is 5.75 Å². The summed E-state index contributed by atoms with van der Waals surface area (Å²) in [5, 5.41) is 0. The first-order valence-electron chi connectivity index (χ1n) is 6.40. The fourth-order valence-corrected chi connectivity index (χ4v) is 2.20. The van der Waals surface area contributed by atoms with Crippen molar-refractivity contribution in [3.05, 3.63) is 64.7 Å². The molecule has 0 radical (unpaired) electrons. The second kappa shape index (κ2) is 5.77. The van der Waals surface area contributed by atoms with Crippen molar-refractivity contribution < 1.29 is 17.9 Å². The normalized spacial score (nSPS) is 13.0. The van der Waals surface area contributed by atoms with Crippen molar-refractivity contribution in [1.29, 1.82) is 0 Å². The van der Waals surface area contributed by atoms with E-state index in [4.69, 9.17) is 10.5 Å². The zero-order valence-corrected chi connectivity index (χ0v) is 11.7. The highest BCUT2D eigenvalue weighted by Gasteiger charge is 2.30. The van der Waals surface area contributed by atoms with Crippen molar-refractivity contribution in [2.75, 3.05) is 7.11 Å². The van der Waals surface area contributed by atoms with Crippen LogP contribution in [0.3, 0.4) is 0 Å². The van der Waals surface area contributed by atoms with Crippen molar-refractivity contribution in [2.24, 2.45) is 5.73 Å². The van der Waals surface area contributed by atoms with E-state index < -0.39 is 17.8 Å². The van der Waals surface area contributed by atoms with Gasteiger partial charge in [-0.25, -0.2) is 0 Å². The molecule has 0 bridgehead atoms. The summed E-state index contributed by atoms with van der Waals surface area (Å²) in [4.78, 5) is 0. The van der Waals surface area contributed by atoms with Crippen LogP contribution in [0.1, 0.15) is 28.3 Å². The molecular formula is C16H16F3NO. The van der Waals surface area contributed by atoms with E-state index in [2.05, 4.69) is 0 Å². The summed E-state index contributed by atoms with van der Waals surface area (Å²) >= 11 is 0. The number of hydrogen-bond donors (Lipinski definition) is 1. The van der Waals surface area contributed by atoms with Gasteiger partial charge >= 0.3 is 6.18 Å². The van der Waals surface area contributed by atoms with Gasteiger partial charge in [-0.3, -0.25) is 0 Å². The Kier molecular flexibility index (Phi) is 4.23. The number of benzene rings is 2. The molecule has 112 valence electrons. The molecule has 1 atom stereocenters. The monoisotopic (exact) mass is 295 g/mol. The van der Waals surface area contributed by atoms with Gasteiger partial charge in [-0.1, -0.05) is 24.3 Å². The molecule has 2 N–H and O–H groups in total. The van der Waals surface area contributed by atoms with Crippen LogP contribution in [0.2, 0.25) is 0 Å². The highest BCUT2D eigenvalue weighted by molar-refractivity contribution is 5.41. The van der Waals surface area contributed by atoms with E-state index in [0.717, 1.165) is 29.0 Å². The minimum atomic E-state index is -4.37. The fourth-order valence-electron chi connectivity index (χ4n) is 2.20. The van der Waals surface area contributed by atoms with E-state index in [9.17, 15) is 13.2 Å². The number of hydrogen-bond acceptors (Lipinski definition) is 2. The Labute approximate surface area is 121 Å². The van der Waals surface area contributed by atoms with E-state index in [0.29, 0.717) is 5.56 Å². The van der Waals surface area contributed by atoms with Crippen molar-refractivity contribution in [1.82, 2.24) is 0 Å². The van der Waals surface area contributed by atoms with Crippen molar-refractivity contribution in [2.45, 2.75) is 19.1 Å². The molecule has 1 unspecified atom stereocenters. The Bertz CT molecular complexity index is 638. The van der Waals surface area contributed by atoms with Crippen LogP contribution < -0.4 is 10.5 Å². The molecule has 2 aromatic rings. The Balaban J connectivity index is 2.36. The molecule has 5 heteroatoms. The maximum absolute atomic E-state index is 12.7. The number of methoxy groups -OCH3 is 1. The molecule has 0 aromatic heterocycles. The summed E-state index contributed by atoms with van der Waals surface area (Å²) < 4.78 is 43.4. The topological polar surface area (TPSA) is 35.2 Å². The van der Waals surface area contributed by atoms with Gasteiger partial charge < -0.3 is 10.5 Å². The predicted molar refractivity (Wildman–Crippen MR) is 75.2 cm³/mol. The van der Waals surface area contributed by atoms with Gasteiger partial charge in [0, 0.05) is 0 Å². The predicted octanol–water partition coefficient (Wildman–Crippen LogP) is 4.07. The van der Waals surface area contributed by atoms with Gasteiger partial charge in [0.1, 0.15) is 5.75 Å². The first kappa shape index (κ1) is 15.4. The Morgan fingerprint density at radius 1 is 1.05 bits per heavy atom. The lowest BCUT2D eigenvalue weighted by molar-refractivity contribution is -0.137. The maximum Gasteiger partial charge on any atom is 0.416 e. The summed E-state index contributed by atoms with van der Waals surface area (Å²) in [7, 11) is 1.56. The van der Waals surface area contributed by atoms with Crippen molar-refractivity contribution in [3.63, 3.8) is 0 Å². The standard InChI is InChI=1S/C16H16F3NO/c1-10-8-12(6-7-14(10)21-2)15(20)11-4-3-5-13(9-11)16(17,18)19/h3-9,15H,20H2,1-2H3. The number of ether oxygens (including phenoxy) is 1. The molecular weight excluding hydrogens is 279 g/mol. The molecule has 0 spiro atoms. The minimum absolute atomic E-state index is 0.425. The van der Waals surface area contributed by atoms with Crippen LogP contribution in [0.5, 0.6) is 5.75 Å². The molecule has 2 nitrogen and oxygen atoms in total. The van der Waals surface area contributed by atoms with Gasteiger partial charge in [-0.2, -0.15) is 13.2 Å². The lowest BCUT2D eigenvalue weighted by Gasteiger charge is -2.16. The lowest BCUT2D eigenvalue weighted by atomic mass is 9.96. The van der Waals surface area contributed by atoms with Gasteiger partial charge in [0.25, 0.3) is 0 Å². The molecule has 21 heavy (non-hydrogen) atoms. The van der Waals surface area contributed by atoms with E-state index in [1.165, 1.54) is 6.07 Å². The van der Waals surface area contributed by atoms with Crippen LogP contribution in [-0.4, -0.2) is 7.11 Å². The van der Waals surface area contributed by atoms with Gasteiger partial charge in [0.05, 0.1) is 18.7 Å². The molecule has 0 aliphatic heterocycles. The molecule has 0 saturated carbocycles. The van der Waals surface area contributed by atoms with Crippen molar-refractivity contribution >= 4 is 0 Å². The van der Waals surface area contributed by atoms with Crippen LogP contribution in [0.25, 0.3) is 0 Å². The zero-order valence-electron chi connectivity index (χ0n) is 11.7. The number of nitrogens with two attached hydrogens (primary N) is 1. The molecule has 0 heterocycles. The smallest absolute Gasteiger partial charge is 0.416 e. The Morgan fingerprint density at radius 2 is 1.71 bits per heavy atom. The number of rotatable bonds is 3. The third-order valence-corrected chi connectivity index (χ3v) is 3.35. The first-order valence-corrected chi connectivity index (χ1v) is 6.40. The van der Waals surface area contributed by atoms with Crippen LogP contribution in [0, 0.1) is 6.92 Å². The second-order valence-corrected chi connectivity index (χ2v) is 4.83. The highest BCUT2D eigenvalue weighted by Crippen LogP contribution is 2.32. The van der Waals surface area contributed by atoms with Gasteiger partial charge in [-0.05, 0) is 41.8 Å². The van der Waals surface area contributed by atoms with Gasteiger partial charge in [0.15, 0.2) is 0 Å². The average Bonchev–Trinajstić information content (AvgIpc) is 2.45. The van der Waals surface area contributed by atoms with E-state index in [1.54, 1.807) is 25.3 Å². The number of halogens is 3. The summed E-state index contributed by atoms with van der Waals surface area (Å²) in [6.07, 6.45) is -4.37. The Morgan fingerprint density at radius 3 is 2.29 bits per heavy atom. The first-order chi connectivity index (χ1) is 9.82. The lowest BCUT2D eigenvalue weighted by Crippen LogP contribution is -2.14. The molecule has 0 saturated heterocycles. The van der Waals surface area contributed by atoms with Crippen LogP contribution in [-0.2, 0) is 6.18 Å². The Hall–Kier alpha value is -2.01. The summed E-state index contributed by atoms with van der Waals surface area (Å²) in [5.41, 5.74) is 7.44. The van der Waals surface area contributed by atoms with Gasteiger partial charge in [0.2, 0.25) is 0 Å². The molecule has 0 aliphatic carbocycles. The molecule has 2 rings (SSSR count). The van der Waals surface area contributed by atoms with E-state index >= 15 is 0 Å². The molecule has 2 aromatic carbocycles. The number of aryl methyl sites for hydroxylation is 1. The maximum atomic E-state index is 12.7. The van der Waals surface area contributed by atoms with E-state index in [-0.39, 0.29) is 0 Å². The highest BCUT2D eigenvalue weighted by atomic mass is 19.4. The quantitative estimate of drug-likeness (QED) is 0.926.